The minimum absolute atomic E-state index is 0.0907. The van der Waals surface area contributed by atoms with Crippen LogP contribution in [0.3, 0.4) is 0 Å². The minimum atomic E-state index is -0.357. The summed E-state index contributed by atoms with van der Waals surface area (Å²) in [6.07, 6.45) is 1.33. The summed E-state index contributed by atoms with van der Waals surface area (Å²) in [4.78, 5) is 12.3. The van der Waals surface area contributed by atoms with Gasteiger partial charge in [-0.1, -0.05) is 71.9 Å². The lowest BCUT2D eigenvalue weighted by atomic mass is 10.2. The highest BCUT2D eigenvalue weighted by atomic mass is 35.5. The van der Waals surface area contributed by atoms with Gasteiger partial charge in [0.2, 0.25) is 5.91 Å². The largest absolute Gasteiger partial charge is 0.368 e. The fraction of sp³-hybridized carbons (Fsp3) is 0.318. The third-order valence-corrected chi connectivity index (χ3v) is 6.32. The molecule has 1 fully saturated rings. The number of aromatic nitrogens is 3. The zero-order valence-corrected chi connectivity index (χ0v) is 18.0. The molecule has 3 aromatic rings. The first-order valence-corrected chi connectivity index (χ1v) is 11.3. The van der Waals surface area contributed by atoms with Crippen LogP contribution in [0.25, 0.3) is 0 Å². The summed E-state index contributed by atoms with van der Waals surface area (Å²) < 4.78 is 7.51. The Hall–Kier alpha value is -2.35. The molecule has 0 radical (unpaired) electrons. The Labute approximate surface area is 185 Å². The van der Waals surface area contributed by atoms with Crippen LogP contribution in [0.15, 0.2) is 59.8 Å². The molecule has 2 heterocycles. The van der Waals surface area contributed by atoms with Crippen molar-refractivity contribution in [2.24, 2.45) is 0 Å². The molecule has 0 bridgehead atoms. The average molecular weight is 443 g/mol. The van der Waals surface area contributed by atoms with Crippen molar-refractivity contribution in [3.05, 3.63) is 76.6 Å². The van der Waals surface area contributed by atoms with Crippen molar-refractivity contribution in [1.82, 2.24) is 20.1 Å². The van der Waals surface area contributed by atoms with Gasteiger partial charge in [0.15, 0.2) is 11.0 Å². The normalized spacial score (nSPS) is 16.0. The van der Waals surface area contributed by atoms with Crippen LogP contribution in [-0.2, 0) is 28.4 Å². The smallest absolute Gasteiger partial charge is 0.249 e. The Balaban J connectivity index is 1.50. The fourth-order valence-corrected chi connectivity index (χ4v) is 4.55. The SMILES string of the molecule is O=C(NCc1nnc(SCc2ccccc2Cl)n1Cc1ccccc1)[C@H]1CCCO1. The van der Waals surface area contributed by atoms with Crippen molar-refractivity contribution in [1.29, 1.82) is 0 Å². The van der Waals surface area contributed by atoms with E-state index in [0.29, 0.717) is 31.3 Å². The highest BCUT2D eigenvalue weighted by molar-refractivity contribution is 7.98. The minimum Gasteiger partial charge on any atom is -0.368 e. The van der Waals surface area contributed by atoms with Crippen molar-refractivity contribution in [2.75, 3.05) is 6.61 Å². The highest BCUT2D eigenvalue weighted by Gasteiger charge is 2.24. The topological polar surface area (TPSA) is 69.0 Å². The van der Waals surface area contributed by atoms with Gasteiger partial charge >= 0.3 is 0 Å². The lowest BCUT2D eigenvalue weighted by molar-refractivity contribution is -0.130. The first-order valence-electron chi connectivity index (χ1n) is 9.92. The molecule has 1 aliphatic rings. The molecule has 0 spiro atoms. The van der Waals surface area contributed by atoms with E-state index < -0.39 is 0 Å². The molecular formula is C22H23ClN4O2S. The number of halogens is 1. The number of thioether (sulfide) groups is 1. The predicted octanol–water partition coefficient (Wildman–Crippen LogP) is 4.07. The summed E-state index contributed by atoms with van der Waals surface area (Å²) in [5.74, 6) is 1.31. The molecule has 0 aliphatic carbocycles. The van der Waals surface area contributed by atoms with Crippen LogP contribution in [0.2, 0.25) is 5.02 Å². The van der Waals surface area contributed by atoms with Crippen LogP contribution >= 0.6 is 23.4 Å². The molecule has 1 saturated heterocycles. The summed E-state index contributed by atoms with van der Waals surface area (Å²) >= 11 is 7.88. The number of carbonyl (C=O) groups excluding carboxylic acids is 1. The molecule has 1 amide bonds. The second-order valence-corrected chi connectivity index (χ2v) is 8.42. The van der Waals surface area contributed by atoms with Crippen LogP contribution < -0.4 is 5.32 Å². The molecule has 4 rings (SSSR count). The van der Waals surface area contributed by atoms with Crippen molar-refractivity contribution < 1.29 is 9.53 Å². The number of ether oxygens (including phenoxy) is 1. The van der Waals surface area contributed by atoms with E-state index in [0.717, 1.165) is 34.1 Å². The van der Waals surface area contributed by atoms with Crippen molar-refractivity contribution >= 4 is 29.3 Å². The number of hydrogen-bond acceptors (Lipinski definition) is 5. The Bertz CT molecular complexity index is 990. The molecule has 8 heteroatoms. The lowest BCUT2D eigenvalue weighted by Crippen LogP contribution is -2.34. The van der Waals surface area contributed by atoms with Crippen LogP contribution in [0.4, 0.5) is 0 Å². The van der Waals surface area contributed by atoms with Gasteiger partial charge in [0.25, 0.3) is 0 Å². The molecule has 6 nitrogen and oxygen atoms in total. The molecule has 1 N–H and O–H groups in total. The van der Waals surface area contributed by atoms with Gasteiger partial charge < -0.3 is 14.6 Å². The second kappa shape index (κ2) is 10.1. The molecule has 0 unspecified atom stereocenters. The van der Waals surface area contributed by atoms with E-state index in [1.165, 1.54) is 0 Å². The van der Waals surface area contributed by atoms with Gasteiger partial charge in [0.1, 0.15) is 6.10 Å². The van der Waals surface area contributed by atoms with E-state index in [1.807, 2.05) is 47.0 Å². The van der Waals surface area contributed by atoms with E-state index in [1.54, 1.807) is 11.8 Å². The maximum atomic E-state index is 12.3. The monoisotopic (exact) mass is 442 g/mol. The van der Waals surface area contributed by atoms with Crippen molar-refractivity contribution in [3.63, 3.8) is 0 Å². The Morgan fingerprint density at radius 3 is 2.73 bits per heavy atom. The third-order valence-electron chi connectivity index (χ3n) is 4.93. The molecule has 156 valence electrons. The number of hydrogen-bond donors (Lipinski definition) is 1. The second-order valence-electron chi connectivity index (χ2n) is 7.07. The molecule has 30 heavy (non-hydrogen) atoms. The maximum Gasteiger partial charge on any atom is 0.249 e. The summed E-state index contributed by atoms with van der Waals surface area (Å²) in [7, 11) is 0. The summed E-state index contributed by atoms with van der Waals surface area (Å²) in [6.45, 7) is 1.58. The third kappa shape index (κ3) is 5.22. The van der Waals surface area contributed by atoms with Crippen LogP contribution in [0.1, 0.15) is 29.8 Å². The maximum absolute atomic E-state index is 12.3. The van der Waals surface area contributed by atoms with Gasteiger partial charge in [-0.25, -0.2) is 0 Å². The van der Waals surface area contributed by atoms with E-state index in [4.69, 9.17) is 16.3 Å². The summed E-state index contributed by atoms with van der Waals surface area (Å²) in [5, 5.41) is 13.2. The molecule has 0 saturated carbocycles. The Kier molecular flexibility index (Phi) is 7.04. The van der Waals surface area contributed by atoms with Gasteiger partial charge in [-0.3, -0.25) is 4.79 Å². The van der Waals surface area contributed by atoms with Gasteiger partial charge in [-0.05, 0) is 30.0 Å². The molecular weight excluding hydrogens is 420 g/mol. The molecule has 1 atom stereocenters. The van der Waals surface area contributed by atoms with Crippen molar-refractivity contribution in [2.45, 2.75) is 42.9 Å². The predicted molar refractivity (Wildman–Crippen MR) is 117 cm³/mol. The molecule has 2 aromatic carbocycles. The zero-order chi connectivity index (χ0) is 20.8. The quantitative estimate of drug-likeness (QED) is 0.532. The Morgan fingerprint density at radius 2 is 1.97 bits per heavy atom. The van der Waals surface area contributed by atoms with Gasteiger partial charge in [0.05, 0.1) is 13.1 Å². The number of benzene rings is 2. The van der Waals surface area contributed by atoms with Gasteiger partial charge in [-0.15, -0.1) is 10.2 Å². The van der Waals surface area contributed by atoms with Gasteiger partial charge in [0, 0.05) is 17.4 Å². The number of amides is 1. The molecule has 1 aliphatic heterocycles. The Morgan fingerprint density at radius 1 is 1.17 bits per heavy atom. The summed E-state index contributed by atoms with van der Waals surface area (Å²) in [5.41, 5.74) is 2.19. The number of carbonyl (C=O) groups is 1. The first-order chi connectivity index (χ1) is 14.7. The molecule has 1 aromatic heterocycles. The average Bonchev–Trinajstić information content (AvgIpc) is 3.43. The van der Waals surface area contributed by atoms with E-state index in [2.05, 4.69) is 27.6 Å². The number of nitrogens with zero attached hydrogens (tertiary/aromatic N) is 3. The first kappa shape index (κ1) is 20.9. The standard InChI is InChI=1S/C22H23ClN4O2S/c23-18-10-5-4-9-17(18)15-30-22-26-25-20(13-24-21(28)19-11-6-12-29-19)27(22)14-16-7-2-1-3-8-16/h1-5,7-10,19H,6,11-15H2,(H,24,28)/t19-/m1/s1. The van der Waals surface area contributed by atoms with Crippen LogP contribution in [-0.4, -0.2) is 33.4 Å². The van der Waals surface area contributed by atoms with Crippen molar-refractivity contribution in [3.8, 4) is 0 Å². The van der Waals surface area contributed by atoms with E-state index in [-0.39, 0.29) is 12.0 Å². The lowest BCUT2D eigenvalue weighted by Gasteiger charge is -2.13. The number of nitrogens with one attached hydrogen (secondary N) is 1. The zero-order valence-electron chi connectivity index (χ0n) is 16.5. The number of rotatable bonds is 8. The van der Waals surface area contributed by atoms with E-state index in [9.17, 15) is 4.79 Å². The van der Waals surface area contributed by atoms with Crippen LogP contribution in [0, 0.1) is 0 Å². The fourth-order valence-electron chi connectivity index (χ4n) is 3.30. The summed E-state index contributed by atoms with van der Waals surface area (Å²) in [6, 6.07) is 17.9. The van der Waals surface area contributed by atoms with Gasteiger partial charge in [-0.2, -0.15) is 0 Å². The van der Waals surface area contributed by atoms with Crippen LogP contribution in [0.5, 0.6) is 0 Å². The highest BCUT2D eigenvalue weighted by Crippen LogP contribution is 2.26. The van der Waals surface area contributed by atoms with E-state index >= 15 is 0 Å².